The molecule has 3 rings (SSSR count). The molecule has 1 aliphatic heterocycles. The van der Waals surface area contributed by atoms with E-state index >= 15 is 0 Å². The van der Waals surface area contributed by atoms with Gasteiger partial charge in [-0.2, -0.15) is 0 Å². The van der Waals surface area contributed by atoms with E-state index in [4.69, 9.17) is 0 Å². The number of anilines is 1. The minimum absolute atomic E-state index is 0.0165. The summed E-state index contributed by atoms with van der Waals surface area (Å²) >= 11 is 0. The van der Waals surface area contributed by atoms with Crippen LogP contribution in [0.15, 0.2) is 48.7 Å². The van der Waals surface area contributed by atoms with Crippen molar-refractivity contribution in [2.24, 2.45) is 0 Å². The fourth-order valence-corrected chi connectivity index (χ4v) is 3.01. The van der Waals surface area contributed by atoms with Crippen molar-refractivity contribution >= 4 is 11.8 Å². The predicted molar refractivity (Wildman–Crippen MR) is 86.6 cm³/mol. The number of rotatable bonds is 3. The lowest BCUT2D eigenvalue weighted by Gasteiger charge is -2.26. The molecule has 0 spiro atoms. The summed E-state index contributed by atoms with van der Waals surface area (Å²) in [6.07, 6.45) is 1.95. The summed E-state index contributed by atoms with van der Waals surface area (Å²) < 4.78 is 12.8. The standard InChI is InChI=1S/C17H19FN4O/c1-22-10-9-14(16(22)12-5-3-2-4-6-12)20-17(23)21-15-8-7-13(18)11-19-15/h2-8,11,14,16H,9-10H2,1H3,(H2,19,20,21,23)/t14-,16+/m1/s1. The van der Waals surface area contributed by atoms with Crippen LogP contribution >= 0.6 is 0 Å². The molecule has 2 heterocycles. The number of pyridine rings is 1. The van der Waals surface area contributed by atoms with E-state index in [1.54, 1.807) is 0 Å². The third-order valence-corrected chi connectivity index (χ3v) is 4.08. The van der Waals surface area contributed by atoms with E-state index in [0.29, 0.717) is 5.82 Å². The predicted octanol–water partition coefficient (Wildman–Crippen LogP) is 2.79. The highest BCUT2D eigenvalue weighted by Crippen LogP contribution is 2.30. The molecule has 2 atom stereocenters. The maximum atomic E-state index is 12.8. The quantitative estimate of drug-likeness (QED) is 0.916. The van der Waals surface area contributed by atoms with Gasteiger partial charge in [0.1, 0.15) is 11.6 Å². The molecule has 120 valence electrons. The van der Waals surface area contributed by atoms with Gasteiger partial charge in [0.2, 0.25) is 0 Å². The Morgan fingerprint density at radius 3 is 2.74 bits per heavy atom. The van der Waals surface area contributed by atoms with Crippen molar-refractivity contribution < 1.29 is 9.18 Å². The number of benzene rings is 1. The number of carbonyl (C=O) groups is 1. The Balaban J connectivity index is 1.66. The zero-order valence-electron chi connectivity index (χ0n) is 12.9. The van der Waals surface area contributed by atoms with E-state index in [2.05, 4.69) is 39.7 Å². The molecule has 5 nitrogen and oxygen atoms in total. The number of likely N-dealkylation sites (N-methyl/N-ethyl adjacent to an activating group) is 1. The van der Waals surface area contributed by atoms with Gasteiger partial charge in [0, 0.05) is 6.54 Å². The summed E-state index contributed by atoms with van der Waals surface area (Å²) in [7, 11) is 2.05. The second kappa shape index (κ2) is 6.75. The maximum absolute atomic E-state index is 12.8. The molecule has 2 aromatic rings. The highest BCUT2D eigenvalue weighted by atomic mass is 19.1. The van der Waals surface area contributed by atoms with E-state index < -0.39 is 5.82 Å². The molecule has 0 saturated carbocycles. The monoisotopic (exact) mass is 314 g/mol. The lowest BCUT2D eigenvalue weighted by Crippen LogP contribution is -2.41. The van der Waals surface area contributed by atoms with Gasteiger partial charge >= 0.3 is 6.03 Å². The number of hydrogen-bond donors (Lipinski definition) is 2. The zero-order chi connectivity index (χ0) is 16.2. The first-order valence-electron chi connectivity index (χ1n) is 7.58. The first-order chi connectivity index (χ1) is 11.1. The number of likely N-dealkylation sites (tertiary alicyclic amines) is 1. The second-order valence-electron chi connectivity index (χ2n) is 5.69. The van der Waals surface area contributed by atoms with Crippen molar-refractivity contribution in [3.8, 4) is 0 Å². The van der Waals surface area contributed by atoms with E-state index in [9.17, 15) is 9.18 Å². The van der Waals surface area contributed by atoms with Crippen LogP contribution in [0.25, 0.3) is 0 Å². The molecule has 0 aliphatic carbocycles. The summed E-state index contributed by atoms with van der Waals surface area (Å²) in [5.74, 6) is -0.107. The molecule has 1 aromatic heterocycles. The fraction of sp³-hybridized carbons (Fsp3) is 0.294. The van der Waals surface area contributed by atoms with Gasteiger partial charge in [0.25, 0.3) is 0 Å². The van der Waals surface area contributed by atoms with E-state index in [1.807, 2.05) is 18.2 Å². The minimum Gasteiger partial charge on any atom is -0.333 e. The molecule has 0 bridgehead atoms. The van der Waals surface area contributed by atoms with E-state index in [0.717, 1.165) is 19.2 Å². The van der Waals surface area contributed by atoms with Crippen molar-refractivity contribution in [2.75, 3.05) is 18.9 Å². The van der Waals surface area contributed by atoms with Crippen LogP contribution in [-0.4, -0.2) is 35.5 Å². The summed E-state index contributed by atoms with van der Waals surface area (Å²) in [5.41, 5.74) is 1.18. The molecule has 1 aromatic carbocycles. The summed E-state index contributed by atoms with van der Waals surface area (Å²) in [4.78, 5) is 18.2. The van der Waals surface area contributed by atoms with Crippen LogP contribution < -0.4 is 10.6 Å². The van der Waals surface area contributed by atoms with Crippen molar-refractivity contribution in [2.45, 2.75) is 18.5 Å². The smallest absolute Gasteiger partial charge is 0.320 e. The molecule has 6 heteroatoms. The van der Waals surface area contributed by atoms with Crippen LogP contribution in [0.2, 0.25) is 0 Å². The number of nitrogens with one attached hydrogen (secondary N) is 2. The van der Waals surface area contributed by atoms with Crippen LogP contribution in [0, 0.1) is 5.82 Å². The first kappa shape index (κ1) is 15.4. The molecule has 23 heavy (non-hydrogen) atoms. The third kappa shape index (κ3) is 3.65. The van der Waals surface area contributed by atoms with E-state index in [-0.39, 0.29) is 18.1 Å². The van der Waals surface area contributed by atoms with Crippen LogP contribution in [0.4, 0.5) is 15.0 Å². The average Bonchev–Trinajstić information content (AvgIpc) is 2.91. The molecule has 0 unspecified atom stereocenters. The second-order valence-corrected chi connectivity index (χ2v) is 5.69. The number of urea groups is 1. The van der Waals surface area contributed by atoms with Gasteiger partial charge in [-0.1, -0.05) is 30.3 Å². The SMILES string of the molecule is CN1CC[C@@H](NC(=O)Nc2ccc(F)cn2)[C@@H]1c1ccccc1. The maximum Gasteiger partial charge on any atom is 0.320 e. The normalized spacial score (nSPS) is 21.1. The Hall–Kier alpha value is -2.47. The Morgan fingerprint density at radius 1 is 1.26 bits per heavy atom. The average molecular weight is 314 g/mol. The van der Waals surface area contributed by atoms with Gasteiger partial charge in [-0.05, 0) is 31.2 Å². The molecule has 2 amide bonds. The highest BCUT2D eigenvalue weighted by Gasteiger charge is 2.33. The highest BCUT2D eigenvalue weighted by molar-refractivity contribution is 5.88. The number of hydrogen-bond acceptors (Lipinski definition) is 3. The minimum atomic E-state index is -0.433. The van der Waals surface area contributed by atoms with Gasteiger partial charge < -0.3 is 5.32 Å². The van der Waals surface area contributed by atoms with Crippen molar-refractivity contribution in [3.63, 3.8) is 0 Å². The molecule has 0 radical (unpaired) electrons. The van der Waals surface area contributed by atoms with Gasteiger partial charge in [0.05, 0.1) is 18.3 Å². The van der Waals surface area contributed by atoms with Crippen molar-refractivity contribution in [3.05, 3.63) is 60.0 Å². The molecule has 1 saturated heterocycles. The molecule has 1 aliphatic rings. The Bertz CT molecular complexity index is 662. The number of nitrogens with zero attached hydrogens (tertiary/aromatic N) is 2. The van der Waals surface area contributed by atoms with Crippen LogP contribution in [0.5, 0.6) is 0 Å². The molecule has 1 fully saturated rings. The summed E-state index contributed by atoms with van der Waals surface area (Å²) in [5, 5.41) is 5.63. The fourth-order valence-electron chi connectivity index (χ4n) is 3.01. The molecular formula is C17H19FN4O. The van der Waals surface area contributed by atoms with Crippen molar-refractivity contribution in [1.29, 1.82) is 0 Å². The third-order valence-electron chi connectivity index (χ3n) is 4.08. The lowest BCUT2D eigenvalue weighted by molar-refractivity contribution is 0.240. The summed E-state index contributed by atoms with van der Waals surface area (Å²) in [6.45, 7) is 0.916. The Labute approximate surface area is 134 Å². The number of aromatic nitrogens is 1. The zero-order valence-corrected chi connectivity index (χ0v) is 12.9. The van der Waals surface area contributed by atoms with Gasteiger partial charge in [-0.15, -0.1) is 0 Å². The van der Waals surface area contributed by atoms with Gasteiger partial charge in [-0.3, -0.25) is 10.2 Å². The largest absolute Gasteiger partial charge is 0.333 e. The Kier molecular flexibility index (Phi) is 4.52. The molecule has 2 N–H and O–H groups in total. The number of amides is 2. The van der Waals surface area contributed by atoms with E-state index in [1.165, 1.54) is 17.7 Å². The summed E-state index contributed by atoms with van der Waals surface area (Å²) in [6, 6.07) is 12.6. The van der Waals surface area contributed by atoms with Crippen molar-refractivity contribution in [1.82, 2.24) is 15.2 Å². The number of halogens is 1. The molecular weight excluding hydrogens is 295 g/mol. The first-order valence-corrected chi connectivity index (χ1v) is 7.58. The van der Waals surface area contributed by atoms with Crippen LogP contribution in [0.1, 0.15) is 18.0 Å². The Morgan fingerprint density at radius 2 is 2.04 bits per heavy atom. The van der Waals surface area contributed by atoms with Crippen LogP contribution in [0.3, 0.4) is 0 Å². The topological polar surface area (TPSA) is 57.3 Å². The van der Waals surface area contributed by atoms with Gasteiger partial charge in [-0.25, -0.2) is 14.2 Å². The van der Waals surface area contributed by atoms with Crippen LogP contribution in [-0.2, 0) is 0 Å². The van der Waals surface area contributed by atoms with Gasteiger partial charge in [0.15, 0.2) is 0 Å². The lowest BCUT2D eigenvalue weighted by atomic mass is 10.0. The number of carbonyl (C=O) groups excluding carboxylic acids is 1.